The van der Waals surface area contributed by atoms with Crippen molar-refractivity contribution in [2.24, 2.45) is 5.92 Å². The monoisotopic (exact) mass is 280 g/mol. The second-order valence-electron chi connectivity index (χ2n) is 6.11. The Hall–Kier alpha value is -1.00. The molecule has 1 N–H and O–H groups in total. The molecule has 110 valence electrons. The Morgan fingerprint density at radius 2 is 1.85 bits per heavy atom. The summed E-state index contributed by atoms with van der Waals surface area (Å²) < 4.78 is 26.8. The normalized spacial score (nSPS) is 21.3. The Balaban J connectivity index is 1.46. The van der Waals surface area contributed by atoms with Crippen molar-refractivity contribution in [1.82, 2.24) is 10.2 Å². The summed E-state index contributed by atoms with van der Waals surface area (Å²) in [6.45, 7) is 3.58. The van der Waals surface area contributed by atoms with Gasteiger partial charge in [-0.15, -0.1) is 0 Å². The zero-order valence-corrected chi connectivity index (χ0v) is 11.7. The maximum Gasteiger partial charge on any atom is 0.163 e. The van der Waals surface area contributed by atoms with E-state index in [1.54, 1.807) is 12.1 Å². The molecule has 1 aromatic carbocycles. The topological polar surface area (TPSA) is 15.3 Å². The van der Waals surface area contributed by atoms with Crippen molar-refractivity contribution in [3.8, 4) is 0 Å². The molecule has 1 saturated heterocycles. The van der Waals surface area contributed by atoms with Crippen LogP contribution in [0.1, 0.15) is 31.2 Å². The van der Waals surface area contributed by atoms with Gasteiger partial charge in [0, 0.05) is 18.2 Å². The molecular formula is C16H22F2N2. The summed E-state index contributed by atoms with van der Waals surface area (Å²) >= 11 is 0. The molecule has 2 aliphatic rings. The maximum atomic E-state index is 13.6. The summed E-state index contributed by atoms with van der Waals surface area (Å²) in [5, 5.41) is 3.63. The van der Waals surface area contributed by atoms with E-state index in [4.69, 9.17) is 0 Å². The van der Waals surface area contributed by atoms with Gasteiger partial charge < -0.3 is 5.32 Å². The highest BCUT2D eigenvalue weighted by Crippen LogP contribution is 2.28. The molecule has 0 unspecified atom stereocenters. The van der Waals surface area contributed by atoms with Gasteiger partial charge in [-0.2, -0.15) is 0 Å². The predicted octanol–water partition coefficient (Wildman–Crippen LogP) is 2.93. The van der Waals surface area contributed by atoms with Crippen LogP contribution in [0.15, 0.2) is 18.2 Å². The molecule has 0 spiro atoms. The van der Waals surface area contributed by atoms with Crippen molar-refractivity contribution < 1.29 is 8.78 Å². The number of nitrogens with one attached hydrogen (secondary N) is 1. The molecule has 0 atom stereocenters. The van der Waals surface area contributed by atoms with Crippen LogP contribution in [-0.2, 0) is 6.54 Å². The largest absolute Gasteiger partial charge is 0.314 e. The van der Waals surface area contributed by atoms with Gasteiger partial charge in [0.25, 0.3) is 0 Å². The molecule has 3 rings (SSSR count). The number of rotatable bonds is 5. The number of nitrogens with zero attached hydrogens (tertiary/aromatic N) is 1. The first-order valence-corrected chi connectivity index (χ1v) is 7.61. The lowest BCUT2D eigenvalue weighted by Crippen LogP contribution is -2.42. The molecule has 1 aromatic rings. The second-order valence-corrected chi connectivity index (χ2v) is 6.11. The minimum Gasteiger partial charge on any atom is -0.314 e. The standard InChI is InChI=1S/C16H22F2N2/c17-15-3-1-2-13(16(15)18)11-20-8-6-14(7-9-20)19-10-12-4-5-12/h1-3,12,14,19H,4-11H2. The number of likely N-dealkylation sites (tertiary alicyclic amines) is 1. The van der Waals surface area contributed by atoms with E-state index in [2.05, 4.69) is 10.2 Å². The molecule has 20 heavy (non-hydrogen) atoms. The summed E-state index contributed by atoms with van der Waals surface area (Å²) in [5.41, 5.74) is 0.467. The fourth-order valence-electron chi connectivity index (χ4n) is 2.86. The molecule has 0 bridgehead atoms. The molecule has 1 aliphatic carbocycles. The summed E-state index contributed by atoms with van der Waals surface area (Å²) in [4.78, 5) is 2.22. The van der Waals surface area contributed by atoms with E-state index in [1.807, 2.05) is 0 Å². The van der Waals surface area contributed by atoms with Crippen molar-refractivity contribution in [2.75, 3.05) is 19.6 Å². The third-order valence-corrected chi connectivity index (χ3v) is 4.41. The number of hydrogen-bond donors (Lipinski definition) is 1. The Kier molecular flexibility index (Phi) is 4.32. The Labute approximate surface area is 119 Å². The van der Waals surface area contributed by atoms with Gasteiger partial charge in [-0.25, -0.2) is 8.78 Å². The van der Waals surface area contributed by atoms with E-state index in [1.165, 1.54) is 18.9 Å². The summed E-state index contributed by atoms with van der Waals surface area (Å²) in [5.74, 6) is -0.528. The third kappa shape index (κ3) is 3.55. The molecule has 0 amide bonds. The van der Waals surface area contributed by atoms with Crippen LogP contribution in [0.3, 0.4) is 0 Å². The highest BCUT2D eigenvalue weighted by Gasteiger charge is 2.24. The van der Waals surface area contributed by atoms with Crippen LogP contribution in [0, 0.1) is 17.6 Å². The van der Waals surface area contributed by atoms with Crippen LogP contribution in [0.5, 0.6) is 0 Å². The van der Waals surface area contributed by atoms with Crippen LogP contribution < -0.4 is 5.32 Å². The van der Waals surface area contributed by atoms with Gasteiger partial charge >= 0.3 is 0 Å². The molecule has 2 fully saturated rings. The van der Waals surface area contributed by atoms with Crippen LogP contribution >= 0.6 is 0 Å². The first-order chi connectivity index (χ1) is 9.72. The molecule has 1 aliphatic heterocycles. The van der Waals surface area contributed by atoms with Crippen molar-refractivity contribution >= 4 is 0 Å². The Morgan fingerprint density at radius 1 is 1.10 bits per heavy atom. The van der Waals surface area contributed by atoms with Gasteiger partial charge in [0.15, 0.2) is 11.6 Å². The summed E-state index contributed by atoms with van der Waals surface area (Å²) in [6, 6.07) is 5.03. The molecular weight excluding hydrogens is 258 g/mol. The number of piperidine rings is 1. The quantitative estimate of drug-likeness (QED) is 0.892. The van der Waals surface area contributed by atoms with Gasteiger partial charge in [-0.05, 0) is 57.3 Å². The predicted molar refractivity (Wildman–Crippen MR) is 75.4 cm³/mol. The van der Waals surface area contributed by atoms with E-state index in [0.717, 1.165) is 38.4 Å². The minimum absolute atomic E-state index is 0.467. The number of halogens is 2. The van der Waals surface area contributed by atoms with Gasteiger partial charge in [0.05, 0.1) is 0 Å². The fourth-order valence-corrected chi connectivity index (χ4v) is 2.86. The molecule has 1 heterocycles. The van der Waals surface area contributed by atoms with Gasteiger partial charge in [-0.1, -0.05) is 12.1 Å². The molecule has 1 saturated carbocycles. The average Bonchev–Trinajstić information content (AvgIpc) is 3.27. The Morgan fingerprint density at radius 3 is 2.55 bits per heavy atom. The number of benzene rings is 1. The first-order valence-electron chi connectivity index (χ1n) is 7.61. The van der Waals surface area contributed by atoms with Crippen LogP contribution in [0.25, 0.3) is 0 Å². The third-order valence-electron chi connectivity index (χ3n) is 4.41. The van der Waals surface area contributed by atoms with Crippen molar-refractivity contribution in [3.05, 3.63) is 35.4 Å². The molecule has 0 aromatic heterocycles. The summed E-state index contributed by atoms with van der Waals surface area (Å²) in [7, 11) is 0. The Bertz CT molecular complexity index is 452. The van der Waals surface area contributed by atoms with E-state index >= 15 is 0 Å². The lowest BCUT2D eigenvalue weighted by atomic mass is 10.0. The highest BCUT2D eigenvalue weighted by molar-refractivity contribution is 5.18. The van der Waals surface area contributed by atoms with Crippen molar-refractivity contribution in [1.29, 1.82) is 0 Å². The zero-order chi connectivity index (χ0) is 13.9. The van der Waals surface area contributed by atoms with E-state index in [9.17, 15) is 8.78 Å². The lowest BCUT2D eigenvalue weighted by Gasteiger charge is -2.32. The smallest absolute Gasteiger partial charge is 0.163 e. The van der Waals surface area contributed by atoms with Crippen molar-refractivity contribution in [2.45, 2.75) is 38.3 Å². The second kappa shape index (κ2) is 6.19. The SMILES string of the molecule is Fc1cccc(CN2CCC(NCC3CC3)CC2)c1F. The summed E-state index contributed by atoms with van der Waals surface area (Å²) in [6.07, 6.45) is 4.96. The zero-order valence-electron chi connectivity index (χ0n) is 11.7. The van der Waals surface area contributed by atoms with E-state index in [0.29, 0.717) is 18.2 Å². The highest BCUT2D eigenvalue weighted by atomic mass is 19.2. The maximum absolute atomic E-state index is 13.6. The molecule has 4 heteroatoms. The molecule has 2 nitrogen and oxygen atoms in total. The van der Waals surface area contributed by atoms with E-state index in [-0.39, 0.29) is 0 Å². The minimum atomic E-state index is -0.747. The lowest BCUT2D eigenvalue weighted by molar-refractivity contribution is 0.187. The first kappa shape index (κ1) is 14.0. The van der Waals surface area contributed by atoms with Crippen molar-refractivity contribution in [3.63, 3.8) is 0 Å². The van der Waals surface area contributed by atoms with Crippen LogP contribution in [0.2, 0.25) is 0 Å². The van der Waals surface area contributed by atoms with E-state index < -0.39 is 11.6 Å². The van der Waals surface area contributed by atoms with Gasteiger partial charge in [0.1, 0.15) is 0 Å². The average molecular weight is 280 g/mol. The van der Waals surface area contributed by atoms with Gasteiger partial charge in [0.2, 0.25) is 0 Å². The number of hydrogen-bond acceptors (Lipinski definition) is 2. The van der Waals surface area contributed by atoms with Crippen LogP contribution in [-0.4, -0.2) is 30.6 Å². The van der Waals surface area contributed by atoms with Gasteiger partial charge in [-0.3, -0.25) is 4.90 Å². The fraction of sp³-hybridized carbons (Fsp3) is 0.625. The van der Waals surface area contributed by atoms with Crippen LogP contribution in [0.4, 0.5) is 8.78 Å². The molecule has 0 radical (unpaired) electrons.